The average molecular weight is 351 g/mol. The molecule has 1 aliphatic rings. The molecule has 3 aromatic rings. The van der Waals surface area contributed by atoms with Crippen LogP contribution < -0.4 is 15.8 Å². The maximum atomic E-state index is 12.8. The van der Waals surface area contributed by atoms with E-state index in [0.29, 0.717) is 29.7 Å². The van der Waals surface area contributed by atoms with E-state index in [1.807, 2.05) is 6.07 Å². The number of carbonyl (C=O) groups is 1. The Labute approximate surface area is 148 Å². The minimum Gasteiger partial charge on any atom is -0.378 e. The molecule has 1 fully saturated rings. The maximum Gasteiger partial charge on any atom is 0.276 e. The monoisotopic (exact) mass is 351 g/mol. The number of amides is 1. The number of hydrogen-bond donors (Lipinski definition) is 2. The normalized spacial score (nSPS) is 14.4. The molecule has 1 aliphatic heterocycles. The molecule has 0 unspecified atom stereocenters. The quantitative estimate of drug-likeness (QED) is 0.740. The van der Waals surface area contributed by atoms with E-state index in [1.165, 1.54) is 0 Å². The van der Waals surface area contributed by atoms with Gasteiger partial charge in [-0.15, -0.1) is 0 Å². The van der Waals surface area contributed by atoms with Gasteiger partial charge in [0.15, 0.2) is 5.69 Å². The average Bonchev–Trinajstić information content (AvgIpc) is 2.69. The minimum atomic E-state index is -0.403. The van der Waals surface area contributed by atoms with Crippen LogP contribution in [-0.4, -0.2) is 47.4 Å². The molecule has 3 heterocycles. The molecule has 2 aromatic heterocycles. The number of nitrogens with zero attached hydrogens (tertiary/aromatic N) is 3. The number of nitrogens with one attached hydrogen (secondary N) is 2. The standard InChI is InChI=1S/C18H17N5O3/c24-17-13-4-2-1-3-12(13)16(21-22-17)18(25)20-14-11-19-6-5-15(14)23-7-9-26-10-8-23/h1-6,11H,7-10H2,(H,20,25)(H,22,24). The minimum absolute atomic E-state index is 0.164. The van der Waals surface area contributed by atoms with Gasteiger partial charge in [0.2, 0.25) is 0 Å². The Kier molecular flexibility index (Phi) is 4.32. The fourth-order valence-electron chi connectivity index (χ4n) is 3.03. The molecule has 0 atom stereocenters. The molecule has 8 nitrogen and oxygen atoms in total. The fourth-order valence-corrected chi connectivity index (χ4v) is 3.03. The van der Waals surface area contributed by atoms with E-state index in [4.69, 9.17) is 4.74 Å². The van der Waals surface area contributed by atoms with Crippen LogP contribution in [-0.2, 0) is 4.74 Å². The molecule has 0 saturated carbocycles. The Balaban J connectivity index is 1.68. The zero-order chi connectivity index (χ0) is 17.9. The summed E-state index contributed by atoms with van der Waals surface area (Å²) in [5.74, 6) is -0.403. The van der Waals surface area contributed by atoms with Gasteiger partial charge in [-0.2, -0.15) is 5.10 Å². The predicted molar refractivity (Wildman–Crippen MR) is 97.6 cm³/mol. The highest BCUT2D eigenvalue weighted by atomic mass is 16.5. The van der Waals surface area contributed by atoms with E-state index in [0.717, 1.165) is 18.8 Å². The number of ether oxygens (including phenoxy) is 1. The summed E-state index contributed by atoms with van der Waals surface area (Å²) < 4.78 is 5.38. The van der Waals surface area contributed by atoms with Crippen molar-refractivity contribution >= 4 is 28.1 Å². The number of H-pyrrole nitrogens is 1. The van der Waals surface area contributed by atoms with E-state index < -0.39 is 5.91 Å². The first-order valence-electron chi connectivity index (χ1n) is 8.29. The van der Waals surface area contributed by atoms with Gasteiger partial charge in [-0.25, -0.2) is 5.10 Å². The fraction of sp³-hybridized carbons (Fsp3) is 0.222. The summed E-state index contributed by atoms with van der Waals surface area (Å²) in [6.07, 6.45) is 3.30. The summed E-state index contributed by atoms with van der Waals surface area (Å²) in [6, 6.07) is 8.74. The lowest BCUT2D eigenvalue weighted by Crippen LogP contribution is -2.36. The molecular formula is C18H17N5O3. The van der Waals surface area contributed by atoms with Crippen molar-refractivity contribution in [1.82, 2.24) is 15.2 Å². The van der Waals surface area contributed by atoms with Gasteiger partial charge in [0.25, 0.3) is 11.5 Å². The number of aromatic amines is 1. The second kappa shape index (κ2) is 6.93. The van der Waals surface area contributed by atoms with Crippen LogP contribution in [0.25, 0.3) is 10.8 Å². The van der Waals surface area contributed by atoms with Crippen molar-refractivity contribution < 1.29 is 9.53 Å². The van der Waals surface area contributed by atoms with Gasteiger partial charge in [-0.1, -0.05) is 18.2 Å². The molecule has 26 heavy (non-hydrogen) atoms. The molecular weight excluding hydrogens is 334 g/mol. The molecule has 2 N–H and O–H groups in total. The third-order valence-corrected chi connectivity index (χ3v) is 4.31. The van der Waals surface area contributed by atoms with E-state index in [-0.39, 0.29) is 11.3 Å². The highest BCUT2D eigenvalue weighted by molar-refractivity contribution is 6.11. The molecule has 1 amide bonds. The van der Waals surface area contributed by atoms with Crippen molar-refractivity contribution in [3.63, 3.8) is 0 Å². The number of carbonyl (C=O) groups excluding carboxylic acids is 1. The van der Waals surface area contributed by atoms with Gasteiger partial charge in [0.05, 0.1) is 36.2 Å². The number of aromatic nitrogens is 3. The number of anilines is 2. The Hall–Kier alpha value is -3.26. The van der Waals surface area contributed by atoms with Crippen molar-refractivity contribution in [1.29, 1.82) is 0 Å². The van der Waals surface area contributed by atoms with Crippen LogP contribution in [0.5, 0.6) is 0 Å². The van der Waals surface area contributed by atoms with Crippen LogP contribution in [0.4, 0.5) is 11.4 Å². The summed E-state index contributed by atoms with van der Waals surface area (Å²) in [7, 11) is 0. The van der Waals surface area contributed by atoms with Crippen molar-refractivity contribution in [2.75, 3.05) is 36.5 Å². The zero-order valence-corrected chi connectivity index (χ0v) is 13.9. The Morgan fingerprint density at radius 2 is 1.92 bits per heavy atom. The molecule has 4 rings (SSSR count). The Morgan fingerprint density at radius 1 is 1.15 bits per heavy atom. The predicted octanol–water partition coefficient (Wildman–Crippen LogP) is 1.41. The van der Waals surface area contributed by atoms with E-state index in [9.17, 15) is 9.59 Å². The lowest BCUT2D eigenvalue weighted by atomic mass is 10.1. The maximum absolute atomic E-state index is 12.8. The Morgan fingerprint density at radius 3 is 2.73 bits per heavy atom. The first kappa shape index (κ1) is 16.2. The number of benzene rings is 1. The second-order valence-corrected chi connectivity index (χ2v) is 5.89. The van der Waals surface area contributed by atoms with Crippen LogP contribution in [0, 0.1) is 0 Å². The highest BCUT2D eigenvalue weighted by Gasteiger charge is 2.19. The molecule has 132 valence electrons. The molecule has 0 aliphatic carbocycles. The van der Waals surface area contributed by atoms with Crippen LogP contribution in [0.1, 0.15) is 10.5 Å². The van der Waals surface area contributed by atoms with Crippen molar-refractivity contribution in [3.8, 4) is 0 Å². The number of fused-ring (bicyclic) bond motifs is 1. The second-order valence-electron chi connectivity index (χ2n) is 5.89. The molecule has 0 radical (unpaired) electrons. The summed E-state index contributed by atoms with van der Waals surface area (Å²) in [5.41, 5.74) is 1.31. The zero-order valence-electron chi connectivity index (χ0n) is 13.9. The van der Waals surface area contributed by atoms with E-state index in [2.05, 4.69) is 25.4 Å². The van der Waals surface area contributed by atoms with Crippen molar-refractivity contribution in [3.05, 3.63) is 58.8 Å². The van der Waals surface area contributed by atoms with Gasteiger partial charge in [0.1, 0.15) is 0 Å². The molecule has 8 heteroatoms. The molecule has 0 bridgehead atoms. The van der Waals surface area contributed by atoms with Gasteiger partial charge >= 0.3 is 0 Å². The third kappa shape index (κ3) is 3.02. The van der Waals surface area contributed by atoms with E-state index >= 15 is 0 Å². The lowest BCUT2D eigenvalue weighted by Gasteiger charge is -2.30. The van der Waals surface area contributed by atoms with Crippen LogP contribution in [0.3, 0.4) is 0 Å². The van der Waals surface area contributed by atoms with Crippen LogP contribution in [0.2, 0.25) is 0 Å². The first-order chi connectivity index (χ1) is 12.7. The van der Waals surface area contributed by atoms with Crippen molar-refractivity contribution in [2.45, 2.75) is 0 Å². The number of pyridine rings is 1. The molecule has 1 saturated heterocycles. The third-order valence-electron chi connectivity index (χ3n) is 4.31. The number of hydrogen-bond acceptors (Lipinski definition) is 6. The summed E-state index contributed by atoms with van der Waals surface area (Å²) in [4.78, 5) is 31.0. The number of morpholine rings is 1. The molecule has 0 spiro atoms. The smallest absolute Gasteiger partial charge is 0.276 e. The summed E-state index contributed by atoms with van der Waals surface area (Å²) in [5, 5.41) is 10.1. The van der Waals surface area contributed by atoms with E-state index in [1.54, 1.807) is 36.7 Å². The van der Waals surface area contributed by atoms with Gasteiger partial charge < -0.3 is 15.0 Å². The van der Waals surface area contributed by atoms with Gasteiger partial charge in [-0.05, 0) is 12.1 Å². The van der Waals surface area contributed by atoms with Crippen molar-refractivity contribution in [2.24, 2.45) is 0 Å². The summed E-state index contributed by atoms with van der Waals surface area (Å²) >= 11 is 0. The summed E-state index contributed by atoms with van der Waals surface area (Å²) in [6.45, 7) is 2.77. The first-order valence-corrected chi connectivity index (χ1v) is 8.29. The Bertz CT molecular complexity index is 1010. The van der Waals surface area contributed by atoms with Crippen LogP contribution >= 0.6 is 0 Å². The van der Waals surface area contributed by atoms with Crippen LogP contribution in [0.15, 0.2) is 47.5 Å². The lowest BCUT2D eigenvalue weighted by molar-refractivity contribution is 0.102. The molecule has 1 aromatic carbocycles. The highest BCUT2D eigenvalue weighted by Crippen LogP contribution is 2.26. The topological polar surface area (TPSA) is 100 Å². The largest absolute Gasteiger partial charge is 0.378 e. The van der Waals surface area contributed by atoms with Gasteiger partial charge in [0, 0.05) is 24.7 Å². The van der Waals surface area contributed by atoms with Gasteiger partial charge in [-0.3, -0.25) is 14.6 Å². The SMILES string of the molecule is O=C(Nc1cnccc1N1CCOCC1)c1n[nH]c(=O)c2ccccc12. The number of rotatable bonds is 3.